The Morgan fingerprint density at radius 1 is 0.354 bits per heavy atom. The molecule has 2 atom stereocenters. The van der Waals surface area contributed by atoms with Crippen LogP contribution in [-0.2, 0) is 15.9 Å². The number of benzene rings is 6. The lowest BCUT2D eigenvalue weighted by Crippen LogP contribution is -2.09. The maximum Gasteiger partial charge on any atom is 0.119 e. The molecule has 2 unspecified atom stereocenters. The molecule has 336 valence electrons. The lowest BCUT2D eigenvalue weighted by atomic mass is 10.0. The van der Waals surface area contributed by atoms with Gasteiger partial charge in [0, 0.05) is 27.4 Å². The van der Waals surface area contributed by atoms with Crippen molar-refractivity contribution in [3.8, 4) is 11.5 Å². The first-order chi connectivity index (χ1) is 32.0. The lowest BCUT2D eigenvalue weighted by molar-refractivity contribution is 0.141. The topological polar surface area (TPSA) is 36.9 Å². The molecule has 6 aromatic carbocycles. The molecule has 4 heteroatoms. The Morgan fingerprint density at radius 2 is 0.600 bits per heavy atom. The van der Waals surface area contributed by atoms with Gasteiger partial charge in [0.05, 0.1) is 13.2 Å². The van der Waals surface area contributed by atoms with E-state index in [1.807, 2.05) is 0 Å². The summed E-state index contributed by atoms with van der Waals surface area (Å²) in [4.78, 5) is 0. The van der Waals surface area contributed by atoms with Crippen LogP contribution < -0.4 is 9.47 Å². The molecule has 0 N–H and O–H groups in total. The third kappa shape index (κ3) is 17.4. The fourth-order valence-electron chi connectivity index (χ4n) is 7.69. The van der Waals surface area contributed by atoms with Gasteiger partial charge < -0.3 is 18.9 Å². The van der Waals surface area contributed by atoms with Crippen molar-refractivity contribution in [1.82, 2.24) is 0 Å². The summed E-state index contributed by atoms with van der Waals surface area (Å²) >= 11 is 0. The molecular formula is C61H68O4. The van der Waals surface area contributed by atoms with Gasteiger partial charge in [-0.1, -0.05) is 197 Å². The van der Waals surface area contributed by atoms with E-state index in [1.54, 1.807) is 14.2 Å². The van der Waals surface area contributed by atoms with Crippen LogP contribution in [0.25, 0.3) is 48.6 Å². The van der Waals surface area contributed by atoms with Crippen LogP contribution in [0.1, 0.15) is 108 Å². The van der Waals surface area contributed by atoms with E-state index in [0.717, 1.165) is 94.0 Å². The summed E-state index contributed by atoms with van der Waals surface area (Å²) in [6.07, 6.45) is 24.8. The zero-order valence-corrected chi connectivity index (χ0v) is 39.0. The zero-order valence-electron chi connectivity index (χ0n) is 39.0. The number of rotatable bonds is 26. The molecule has 0 aromatic heterocycles. The van der Waals surface area contributed by atoms with Gasteiger partial charge in [-0.05, 0) is 124 Å². The molecule has 6 aromatic rings. The van der Waals surface area contributed by atoms with Gasteiger partial charge in [0.25, 0.3) is 0 Å². The Labute approximate surface area is 390 Å². The number of methoxy groups -OCH3 is 2. The summed E-state index contributed by atoms with van der Waals surface area (Å²) in [6.45, 7) is 7.56. The second-order valence-electron chi connectivity index (χ2n) is 16.9. The molecular weight excluding hydrogens is 797 g/mol. The van der Waals surface area contributed by atoms with Crippen molar-refractivity contribution in [2.45, 2.75) is 58.8 Å². The highest BCUT2D eigenvalue weighted by atomic mass is 16.5. The third-order valence-corrected chi connectivity index (χ3v) is 11.9. The van der Waals surface area contributed by atoms with Gasteiger partial charge in [0.1, 0.15) is 11.5 Å². The van der Waals surface area contributed by atoms with E-state index in [1.165, 1.54) is 44.5 Å². The molecule has 4 nitrogen and oxygen atoms in total. The quantitative estimate of drug-likeness (QED) is 0.0402. The highest BCUT2D eigenvalue weighted by molar-refractivity contribution is 5.74. The first-order valence-electron chi connectivity index (χ1n) is 23.5. The SMILES string of the molecule is CCC(CCCOc1ccc(/C=C/c2ccc(/C=C/c3ccc(Cc4ccc(/C=C/c5ccc(/C=C/c6ccc(OCCCC(CC)COC)cc6)cc5)cc4)cc3)cc2)cc1)COC. The largest absolute Gasteiger partial charge is 0.494 e. The van der Waals surface area contributed by atoms with Crippen molar-refractivity contribution in [3.05, 3.63) is 201 Å². The van der Waals surface area contributed by atoms with E-state index >= 15 is 0 Å². The summed E-state index contributed by atoms with van der Waals surface area (Å²) in [6, 6.07) is 51.7. The highest BCUT2D eigenvalue weighted by Crippen LogP contribution is 2.21. The van der Waals surface area contributed by atoms with Crippen molar-refractivity contribution in [2.75, 3.05) is 40.6 Å². The van der Waals surface area contributed by atoms with E-state index in [9.17, 15) is 0 Å². The van der Waals surface area contributed by atoms with Crippen LogP contribution >= 0.6 is 0 Å². The van der Waals surface area contributed by atoms with E-state index in [0.29, 0.717) is 11.8 Å². The van der Waals surface area contributed by atoms with Gasteiger partial charge in [-0.3, -0.25) is 0 Å². The minimum absolute atomic E-state index is 0.612. The summed E-state index contributed by atoms with van der Waals surface area (Å²) in [5, 5.41) is 0. The standard InChI is InChI=1S/C61H68O4/c1-5-48(46-62-3)9-7-43-64-60-39-35-56(36-40-60)25-23-52-15-11-50(12-16-52)19-21-54-27-31-58(32-28-54)45-59-33-29-55(30-34-59)22-20-51-13-17-53(18-14-51)24-26-57-37-41-61(42-38-57)65-44-8-10-49(6-2)47-63-4/h11-42,48-49H,5-10,43-47H2,1-4H3/b21-19+,22-20+,25-23+,26-24+. The van der Waals surface area contributed by atoms with Crippen LogP contribution in [-0.4, -0.2) is 40.6 Å². The second-order valence-corrected chi connectivity index (χ2v) is 16.9. The highest BCUT2D eigenvalue weighted by Gasteiger charge is 2.07. The Bertz CT molecular complexity index is 2180. The van der Waals surface area contributed by atoms with Crippen LogP contribution in [0.2, 0.25) is 0 Å². The van der Waals surface area contributed by atoms with Crippen LogP contribution in [0.15, 0.2) is 146 Å². The molecule has 0 spiro atoms. The average molecular weight is 865 g/mol. The lowest BCUT2D eigenvalue weighted by Gasteiger charge is -2.13. The molecule has 65 heavy (non-hydrogen) atoms. The Hall–Kier alpha value is -6.20. The third-order valence-electron chi connectivity index (χ3n) is 11.9. The second kappa shape index (κ2) is 27.2. The van der Waals surface area contributed by atoms with Gasteiger partial charge in [-0.25, -0.2) is 0 Å². The average Bonchev–Trinajstić information content (AvgIpc) is 3.35. The summed E-state index contributed by atoms with van der Waals surface area (Å²) < 4.78 is 22.5. The van der Waals surface area contributed by atoms with Crippen molar-refractivity contribution < 1.29 is 18.9 Å². The van der Waals surface area contributed by atoms with Gasteiger partial charge in [0.2, 0.25) is 0 Å². The van der Waals surface area contributed by atoms with Crippen LogP contribution in [0.3, 0.4) is 0 Å². The van der Waals surface area contributed by atoms with Crippen molar-refractivity contribution in [1.29, 1.82) is 0 Å². The number of ether oxygens (including phenoxy) is 4. The molecule has 0 aliphatic rings. The monoisotopic (exact) mass is 865 g/mol. The summed E-state index contributed by atoms with van der Waals surface area (Å²) in [7, 11) is 3.55. The van der Waals surface area contributed by atoms with Crippen LogP contribution in [0.5, 0.6) is 11.5 Å². The molecule has 0 bridgehead atoms. The predicted octanol–water partition coefficient (Wildman–Crippen LogP) is 15.6. The molecule has 6 rings (SSSR count). The number of hydrogen-bond donors (Lipinski definition) is 0. The fraction of sp³-hybridized carbons (Fsp3) is 0.279. The van der Waals surface area contributed by atoms with Gasteiger partial charge in [-0.2, -0.15) is 0 Å². The first-order valence-corrected chi connectivity index (χ1v) is 23.5. The normalized spacial score (nSPS) is 12.7. The maximum absolute atomic E-state index is 5.97. The molecule has 0 radical (unpaired) electrons. The molecule has 0 heterocycles. The zero-order chi connectivity index (χ0) is 45.3. The molecule has 0 amide bonds. The summed E-state index contributed by atoms with van der Waals surface area (Å²) in [5.41, 5.74) is 12.0. The first kappa shape index (κ1) is 48.3. The van der Waals surface area contributed by atoms with Gasteiger partial charge >= 0.3 is 0 Å². The molecule has 0 saturated carbocycles. The molecule has 0 saturated heterocycles. The Morgan fingerprint density at radius 3 is 0.846 bits per heavy atom. The maximum atomic E-state index is 5.97. The van der Waals surface area contributed by atoms with Crippen LogP contribution in [0.4, 0.5) is 0 Å². The van der Waals surface area contributed by atoms with Gasteiger partial charge in [0.15, 0.2) is 0 Å². The molecule has 0 fully saturated rings. The van der Waals surface area contributed by atoms with E-state index in [2.05, 4.69) is 208 Å². The smallest absolute Gasteiger partial charge is 0.119 e. The van der Waals surface area contributed by atoms with Crippen molar-refractivity contribution in [3.63, 3.8) is 0 Å². The fourth-order valence-corrected chi connectivity index (χ4v) is 7.69. The molecule has 0 aliphatic carbocycles. The minimum Gasteiger partial charge on any atom is -0.494 e. The Kier molecular flexibility index (Phi) is 20.2. The van der Waals surface area contributed by atoms with E-state index < -0.39 is 0 Å². The van der Waals surface area contributed by atoms with E-state index in [-0.39, 0.29) is 0 Å². The van der Waals surface area contributed by atoms with Crippen molar-refractivity contribution >= 4 is 48.6 Å². The van der Waals surface area contributed by atoms with Crippen LogP contribution in [0, 0.1) is 11.8 Å². The van der Waals surface area contributed by atoms with Crippen molar-refractivity contribution in [2.24, 2.45) is 11.8 Å². The van der Waals surface area contributed by atoms with Gasteiger partial charge in [-0.15, -0.1) is 0 Å². The minimum atomic E-state index is 0.612. The van der Waals surface area contributed by atoms with E-state index in [4.69, 9.17) is 18.9 Å². The Balaban J connectivity index is 0.891. The summed E-state index contributed by atoms with van der Waals surface area (Å²) in [5.74, 6) is 3.06. The predicted molar refractivity (Wildman–Crippen MR) is 278 cm³/mol. The number of hydrogen-bond acceptors (Lipinski definition) is 4. The molecule has 0 aliphatic heterocycles.